The van der Waals surface area contributed by atoms with Crippen LogP contribution >= 0.6 is 0 Å². The van der Waals surface area contributed by atoms with Gasteiger partial charge in [-0.05, 0) is 88.5 Å². The quantitative estimate of drug-likeness (QED) is 0.315. The minimum atomic E-state index is -1.38. The van der Waals surface area contributed by atoms with E-state index in [0.29, 0.717) is 0 Å². The maximum Gasteiger partial charge on any atom is 0.311 e. The molecule has 246 valence electrons. The summed E-state index contributed by atoms with van der Waals surface area (Å²) in [5, 5.41) is 13.1. The number of nitrogens with zero attached hydrogens (tertiary/aromatic N) is 1. The summed E-state index contributed by atoms with van der Waals surface area (Å²) >= 11 is 0. The summed E-state index contributed by atoms with van der Waals surface area (Å²) in [4.78, 5) is 52.6. The van der Waals surface area contributed by atoms with Gasteiger partial charge in [0.25, 0.3) is 0 Å². The fourth-order valence-electron chi connectivity index (χ4n) is 3.51. The number of carbonyl (C=O) groups excluding carboxylic acids is 4. The van der Waals surface area contributed by atoms with Crippen molar-refractivity contribution in [1.82, 2.24) is 5.32 Å². The zero-order chi connectivity index (χ0) is 33.9. The van der Waals surface area contributed by atoms with Crippen LogP contribution in [-0.4, -0.2) is 67.2 Å². The predicted molar refractivity (Wildman–Crippen MR) is 159 cm³/mol. The normalized spacial score (nSPS) is 24.3. The molecule has 11 nitrogen and oxygen atoms in total. The van der Waals surface area contributed by atoms with Gasteiger partial charge in [0.1, 0.15) is 18.8 Å². The van der Waals surface area contributed by atoms with Crippen LogP contribution < -0.4 is 5.32 Å². The molecule has 1 fully saturated rings. The van der Waals surface area contributed by atoms with E-state index in [2.05, 4.69) is 11.4 Å². The molecule has 1 N–H and O–H groups in total. The predicted octanol–water partition coefficient (Wildman–Crippen LogP) is 4.70. The van der Waals surface area contributed by atoms with E-state index in [1.807, 2.05) is 20.8 Å². The van der Waals surface area contributed by atoms with Gasteiger partial charge in [0.15, 0.2) is 24.5 Å². The first kappa shape index (κ1) is 38.3. The van der Waals surface area contributed by atoms with Gasteiger partial charge in [-0.1, -0.05) is 20.8 Å². The number of hydrogen-bond acceptors (Lipinski definition) is 11. The summed E-state index contributed by atoms with van der Waals surface area (Å²) in [6.45, 7) is 25.2. The maximum atomic E-state index is 13.3. The SMILES string of the molecule is CC(C)(C)C(=O)OC[C@H]1O[C@@H](N[C@@H](C#N)C(C)(C)C)[C@H](OC(=O)C(C)(C)C)[C@@H](OC(=O)C(C)(C)C)[C@H]1OC(=O)C(C)(C)C. The summed E-state index contributed by atoms with van der Waals surface area (Å²) in [7, 11) is 0. The highest BCUT2D eigenvalue weighted by atomic mass is 16.7. The number of rotatable bonds is 7. The Hall–Kier alpha value is -2.71. The molecule has 1 aliphatic rings. The number of nitriles is 1. The zero-order valence-electron chi connectivity index (χ0n) is 28.8. The lowest BCUT2D eigenvalue weighted by atomic mass is 9.86. The molecule has 6 atom stereocenters. The standard InChI is InChI=1S/C32H54N2O9/c1-28(2,3)19(16-33)34-23-22(43-27(38)32(13,14)15)21(42-26(37)31(10,11)12)20(41-25(36)30(7,8)9)18(40-23)17-39-24(35)29(4,5)6/h18-23,34H,17H2,1-15H3/t18-,19+,20+,21+,22-,23-/m1/s1. The lowest BCUT2D eigenvalue weighted by Gasteiger charge is -2.47. The van der Waals surface area contributed by atoms with Crippen LogP contribution in [0.3, 0.4) is 0 Å². The minimum Gasteiger partial charge on any atom is -0.462 e. The van der Waals surface area contributed by atoms with Crippen LogP contribution in [0.25, 0.3) is 0 Å². The minimum absolute atomic E-state index is 0.368. The fraction of sp³-hybridized carbons (Fsp3) is 0.844. The molecule has 0 unspecified atom stereocenters. The summed E-state index contributed by atoms with van der Waals surface area (Å²) in [5.41, 5.74) is -4.33. The van der Waals surface area contributed by atoms with E-state index < -0.39 is 87.6 Å². The molecule has 43 heavy (non-hydrogen) atoms. The third kappa shape index (κ3) is 11.1. The number of hydrogen-bond donors (Lipinski definition) is 1. The molecule has 11 heteroatoms. The van der Waals surface area contributed by atoms with E-state index in [4.69, 9.17) is 23.7 Å². The maximum absolute atomic E-state index is 13.3. The zero-order valence-corrected chi connectivity index (χ0v) is 28.8. The van der Waals surface area contributed by atoms with Crippen LogP contribution in [0, 0.1) is 38.4 Å². The van der Waals surface area contributed by atoms with Crippen molar-refractivity contribution < 1.29 is 42.9 Å². The lowest BCUT2D eigenvalue weighted by molar-refractivity contribution is -0.266. The summed E-state index contributed by atoms with van der Waals surface area (Å²) < 4.78 is 29.8. The van der Waals surface area contributed by atoms with Gasteiger partial charge in [-0.15, -0.1) is 0 Å². The molecule has 0 saturated carbocycles. The van der Waals surface area contributed by atoms with Crippen molar-refractivity contribution >= 4 is 23.9 Å². The van der Waals surface area contributed by atoms with Crippen molar-refractivity contribution in [2.45, 2.75) is 141 Å². The molecule has 1 heterocycles. The third-order valence-electron chi connectivity index (χ3n) is 6.52. The average Bonchev–Trinajstić information content (AvgIpc) is 2.80. The van der Waals surface area contributed by atoms with Gasteiger partial charge in [0, 0.05) is 0 Å². The molecular formula is C32H54N2O9. The Balaban J connectivity index is 3.87. The van der Waals surface area contributed by atoms with E-state index >= 15 is 0 Å². The van der Waals surface area contributed by atoms with Crippen LogP contribution in [0.2, 0.25) is 0 Å². The van der Waals surface area contributed by atoms with Crippen molar-refractivity contribution in [2.24, 2.45) is 27.1 Å². The molecule has 0 radical (unpaired) electrons. The molecule has 0 aromatic heterocycles. The van der Waals surface area contributed by atoms with Crippen molar-refractivity contribution in [3.05, 3.63) is 0 Å². The van der Waals surface area contributed by atoms with E-state index in [-0.39, 0.29) is 6.61 Å². The number of nitrogens with one attached hydrogen (secondary N) is 1. The van der Waals surface area contributed by atoms with Crippen LogP contribution in [0.4, 0.5) is 0 Å². The molecule has 0 bridgehead atoms. The highest BCUT2D eigenvalue weighted by Crippen LogP contribution is 2.34. The highest BCUT2D eigenvalue weighted by Gasteiger charge is 2.55. The van der Waals surface area contributed by atoms with Gasteiger partial charge in [-0.25, -0.2) is 0 Å². The number of carbonyl (C=O) groups is 4. The molecule has 0 amide bonds. The van der Waals surface area contributed by atoms with Gasteiger partial charge in [-0.3, -0.25) is 24.5 Å². The fourth-order valence-corrected chi connectivity index (χ4v) is 3.51. The van der Waals surface area contributed by atoms with Crippen LogP contribution in [0.15, 0.2) is 0 Å². The molecule has 0 aromatic carbocycles. The average molecular weight is 611 g/mol. The lowest BCUT2D eigenvalue weighted by Crippen LogP contribution is -2.68. The topological polar surface area (TPSA) is 150 Å². The van der Waals surface area contributed by atoms with Crippen LogP contribution in [0.1, 0.15) is 104 Å². The van der Waals surface area contributed by atoms with Crippen molar-refractivity contribution in [1.29, 1.82) is 5.26 Å². The summed E-state index contributed by atoms with van der Waals surface area (Å²) in [5.74, 6) is -2.45. The molecule has 0 aliphatic carbocycles. The largest absolute Gasteiger partial charge is 0.462 e. The molecule has 0 aromatic rings. The molecule has 1 aliphatic heterocycles. The van der Waals surface area contributed by atoms with E-state index in [1.165, 1.54) is 0 Å². The smallest absolute Gasteiger partial charge is 0.311 e. The van der Waals surface area contributed by atoms with Crippen LogP contribution in [-0.2, 0) is 42.9 Å². The van der Waals surface area contributed by atoms with Crippen molar-refractivity contribution in [3.8, 4) is 6.07 Å². The highest BCUT2D eigenvalue weighted by molar-refractivity contribution is 5.78. The van der Waals surface area contributed by atoms with Gasteiger partial charge < -0.3 is 23.7 Å². The van der Waals surface area contributed by atoms with E-state index in [9.17, 15) is 24.4 Å². The first-order valence-electron chi connectivity index (χ1n) is 14.7. The monoisotopic (exact) mass is 610 g/mol. The first-order valence-corrected chi connectivity index (χ1v) is 14.7. The van der Waals surface area contributed by atoms with Gasteiger partial charge in [-0.2, -0.15) is 5.26 Å². The summed E-state index contributed by atoms with van der Waals surface area (Å²) in [6, 6.07) is 1.40. The Bertz CT molecular complexity index is 1060. The van der Waals surface area contributed by atoms with E-state index in [0.717, 1.165) is 0 Å². The Labute approximate surface area is 257 Å². The molecular weight excluding hydrogens is 556 g/mol. The van der Waals surface area contributed by atoms with Crippen LogP contribution in [0.5, 0.6) is 0 Å². The Morgan fingerprint density at radius 2 is 1.02 bits per heavy atom. The Morgan fingerprint density at radius 3 is 1.37 bits per heavy atom. The molecule has 1 saturated heterocycles. The van der Waals surface area contributed by atoms with Crippen molar-refractivity contribution in [2.75, 3.05) is 6.61 Å². The number of esters is 4. The Morgan fingerprint density at radius 1 is 0.651 bits per heavy atom. The molecule has 0 spiro atoms. The second kappa shape index (κ2) is 13.5. The van der Waals surface area contributed by atoms with Gasteiger partial charge in [0.2, 0.25) is 0 Å². The summed E-state index contributed by atoms with van der Waals surface area (Å²) in [6.07, 6.45) is -6.43. The van der Waals surface area contributed by atoms with Gasteiger partial charge >= 0.3 is 23.9 Å². The third-order valence-corrected chi connectivity index (χ3v) is 6.52. The van der Waals surface area contributed by atoms with Gasteiger partial charge in [0.05, 0.1) is 27.7 Å². The Kier molecular flexibility index (Phi) is 12.0. The first-order chi connectivity index (χ1) is 19.1. The number of ether oxygens (including phenoxy) is 5. The molecule has 1 rings (SSSR count). The van der Waals surface area contributed by atoms with E-state index in [1.54, 1.807) is 83.1 Å². The second-order valence-corrected chi connectivity index (χ2v) is 16.4. The van der Waals surface area contributed by atoms with Crippen molar-refractivity contribution in [3.63, 3.8) is 0 Å². The second-order valence-electron chi connectivity index (χ2n) is 16.4.